The van der Waals surface area contributed by atoms with Crippen LogP contribution in [0.15, 0.2) is 22.7 Å². The highest BCUT2D eigenvalue weighted by molar-refractivity contribution is 6.29. The first-order valence-electron chi connectivity index (χ1n) is 9.43. The Morgan fingerprint density at radius 3 is 2.86 bits per heavy atom. The highest BCUT2D eigenvalue weighted by Gasteiger charge is 2.21. The van der Waals surface area contributed by atoms with E-state index in [9.17, 15) is 9.18 Å². The molecule has 3 rings (SSSR count). The van der Waals surface area contributed by atoms with Gasteiger partial charge in [-0.1, -0.05) is 16.8 Å². The fraction of sp³-hybridized carbons (Fsp3) is 0.235. The molecule has 29 heavy (non-hydrogen) atoms. The molecule has 1 aromatic carbocycles. The summed E-state index contributed by atoms with van der Waals surface area (Å²) in [6, 6.07) is 3.43. The molecule has 152 valence electrons. The molecule has 0 atom stereocenters. The highest BCUT2D eigenvalue weighted by atomic mass is 35.5. The van der Waals surface area contributed by atoms with Crippen molar-refractivity contribution in [2.24, 2.45) is 0 Å². The summed E-state index contributed by atoms with van der Waals surface area (Å²) < 4.78 is 51.4. The van der Waals surface area contributed by atoms with E-state index in [0.717, 1.165) is 12.1 Å². The Morgan fingerprint density at radius 2 is 2.14 bits per heavy atom. The Labute approximate surface area is 173 Å². The van der Waals surface area contributed by atoms with E-state index in [0.29, 0.717) is 0 Å². The van der Waals surface area contributed by atoms with Gasteiger partial charge in [-0.25, -0.2) is 4.39 Å². The largest absolute Gasteiger partial charge is 0.494 e. The molecule has 0 aliphatic carbocycles. The van der Waals surface area contributed by atoms with E-state index in [4.69, 9.17) is 29.7 Å². The summed E-state index contributed by atoms with van der Waals surface area (Å²) in [6.07, 6.45) is 0. The highest BCUT2D eigenvalue weighted by Crippen LogP contribution is 2.38. The first-order valence-corrected chi connectivity index (χ1v) is 8.31. The number of nitrogens with zero attached hydrogens (tertiary/aromatic N) is 4. The molecular weight excluding hydrogens is 407 g/mol. The van der Waals surface area contributed by atoms with Gasteiger partial charge in [-0.15, -0.1) is 10.2 Å². The van der Waals surface area contributed by atoms with Crippen LogP contribution in [-0.4, -0.2) is 47.4 Å². The third-order valence-corrected chi connectivity index (χ3v) is 3.78. The Morgan fingerprint density at radius 1 is 1.31 bits per heavy atom. The van der Waals surface area contributed by atoms with Crippen molar-refractivity contribution in [3.05, 3.63) is 40.8 Å². The third kappa shape index (κ3) is 4.41. The number of rotatable bonds is 7. The van der Waals surface area contributed by atoms with E-state index in [2.05, 4.69) is 25.7 Å². The van der Waals surface area contributed by atoms with Gasteiger partial charge in [-0.2, -0.15) is 4.98 Å². The van der Waals surface area contributed by atoms with E-state index < -0.39 is 18.7 Å². The Kier molecular flexibility index (Phi) is 5.04. The number of nitrogens with one attached hydrogen (secondary N) is 2. The second kappa shape index (κ2) is 8.80. The number of halogens is 2. The monoisotopic (exact) mass is 425 g/mol. The van der Waals surface area contributed by atoms with Gasteiger partial charge in [0.1, 0.15) is 12.4 Å². The van der Waals surface area contributed by atoms with Gasteiger partial charge >= 0.3 is 0 Å². The minimum absolute atomic E-state index is 0.0303. The minimum Gasteiger partial charge on any atom is -0.494 e. The lowest BCUT2D eigenvalue weighted by atomic mass is 10.1. The van der Waals surface area contributed by atoms with Crippen LogP contribution in [0.4, 0.5) is 15.8 Å². The van der Waals surface area contributed by atoms with E-state index in [1.54, 1.807) is 5.32 Å². The number of anilines is 2. The fourth-order valence-corrected chi connectivity index (χ4v) is 2.60. The van der Waals surface area contributed by atoms with Crippen molar-refractivity contribution in [3.63, 3.8) is 0 Å². The zero-order chi connectivity index (χ0) is 23.5. The van der Waals surface area contributed by atoms with Gasteiger partial charge in [0, 0.05) is 30.3 Å². The van der Waals surface area contributed by atoms with Gasteiger partial charge in [0.05, 0.1) is 24.0 Å². The Hall–Kier alpha value is -3.31. The smallest absolute Gasteiger partial charge is 0.273 e. The van der Waals surface area contributed by atoms with Gasteiger partial charge in [-0.05, 0) is 6.07 Å². The molecule has 0 radical (unpaired) electrons. The molecular formula is C17H16ClFN6O4. The summed E-state index contributed by atoms with van der Waals surface area (Å²) >= 11 is 5.88. The molecule has 0 fully saturated rings. The molecule has 0 bridgehead atoms. The zero-order valence-corrected chi connectivity index (χ0v) is 15.9. The van der Waals surface area contributed by atoms with Crippen LogP contribution >= 0.6 is 11.6 Å². The van der Waals surface area contributed by atoms with Crippen molar-refractivity contribution >= 4 is 28.9 Å². The first kappa shape index (κ1) is 16.6. The molecule has 3 aromatic rings. The van der Waals surface area contributed by atoms with Gasteiger partial charge in [0.25, 0.3) is 11.8 Å². The summed E-state index contributed by atoms with van der Waals surface area (Å²) in [5.74, 6) is -1.44. The number of aromatic nitrogens is 4. The number of benzene rings is 1. The van der Waals surface area contributed by atoms with Crippen LogP contribution in [0.3, 0.4) is 0 Å². The average molecular weight is 426 g/mol. The minimum atomic E-state index is -2.77. The van der Waals surface area contributed by atoms with Gasteiger partial charge in [-0.3, -0.25) is 4.79 Å². The maximum atomic E-state index is 14.4. The quantitative estimate of drug-likeness (QED) is 0.587. The molecule has 2 heterocycles. The van der Waals surface area contributed by atoms with Crippen molar-refractivity contribution in [2.75, 3.05) is 26.5 Å². The average Bonchev–Trinajstić information content (AvgIpc) is 3.15. The molecule has 0 saturated carbocycles. The van der Waals surface area contributed by atoms with Crippen LogP contribution in [0, 0.1) is 5.82 Å². The van der Waals surface area contributed by atoms with Crippen molar-refractivity contribution in [1.82, 2.24) is 25.7 Å². The molecule has 0 spiro atoms. The topological polar surface area (TPSA) is 124 Å². The number of methoxy groups -OCH3 is 2. The third-order valence-electron chi connectivity index (χ3n) is 3.60. The lowest BCUT2D eigenvalue weighted by Gasteiger charge is -2.15. The molecule has 0 unspecified atom stereocenters. The van der Waals surface area contributed by atoms with Crippen LogP contribution in [0.5, 0.6) is 5.75 Å². The van der Waals surface area contributed by atoms with Crippen molar-refractivity contribution in [3.8, 4) is 17.1 Å². The lowest BCUT2D eigenvalue weighted by molar-refractivity contribution is 0.0958. The molecule has 12 heteroatoms. The van der Waals surface area contributed by atoms with E-state index in [-0.39, 0.29) is 51.9 Å². The summed E-state index contributed by atoms with van der Waals surface area (Å²) in [5, 5.41) is 15.5. The standard InChI is InChI=1S/C17H16ClFN6O4/c1-20-17(26)14-10(6-12(18)23-24-14)21-11-5-8(19)4-9(15(11)28-3)16-22-13(7-27-2)29-25-16/h4-6H,7H2,1-3H3,(H,20,26)(H,21,23)/i1D3. The SMILES string of the molecule is [2H]C([2H])([2H])NC(=O)c1nnc(Cl)cc1Nc1cc(F)cc(-c2noc(COC)n2)c1OC. The maximum absolute atomic E-state index is 14.4. The van der Waals surface area contributed by atoms with Crippen LogP contribution < -0.4 is 15.4 Å². The predicted octanol–water partition coefficient (Wildman–Crippen LogP) is 2.58. The molecule has 0 aliphatic heterocycles. The van der Waals surface area contributed by atoms with E-state index >= 15 is 0 Å². The molecule has 0 aliphatic rings. The van der Waals surface area contributed by atoms with E-state index in [1.165, 1.54) is 20.3 Å². The van der Waals surface area contributed by atoms with E-state index in [1.807, 2.05) is 0 Å². The molecule has 10 nitrogen and oxygen atoms in total. The van der Waals surface area contributed by atoms with Crippen LogP contribution in [0.2, 0.25) is 5.15 Å². The van der Waals surface area contributed by atoms with Gasteiger partial charge in [0.15, 0.2) is 16.6 Å². The molecule has 0 saturated heterocycles. The zero-order valence-electron chi connectivity index (χ0n) is 18.1. The number of carbonyl (C=O) groups excluding carboxylic acids is 1. The maximum Gasteiger partial charge on any atom is 0.273 e. The molecule has 2 aromatic heterocycles. The summed E-state index contributed by atoms with van der Waals surface area (Å²) in [5.41, 5.74) is -0.245. The van der Waals surface area contributed by atoms with Gasteiger partial charge < -0.3 is 24.6 Å². The van der Waals surface area contributed by atoms with Crippen molar-refractivity contribution in [1.29, 1.82) is 0 Å². The first-order chi connectivity index (χ1) is 15.1. The van der Waals surface area contributed by atoms with Gasteiger partial charge in [0.2, 0.25) is 5.82 Å². The Bertz CT molecular complexity index is 1140. The number of hydrogen-bond acceptors (Lipinski definition) is 9. The van der Waals surface area contributed by atoms with Crippen LogP contribution in [0.25, 0.3) is 11.4 Å². The normalized spacial score (nSPS) is 12.6. The number of carbonyl (C=O) groups is 1. The second-order valence-electron chi connectivity index (χ2n) is 5.49. The molecule has 2 N–H and O–H groups in total. The Balaban J connectivity index is 2.05. The van der Waals surface area contributed by atoms with Crippen molar-refractivity contribution in [2.45, 2.75) is 6.61 Å². The summed E-state index contributed by atoms with van der Waals surface area (Å²) in [7, 11) is 2.78. The van der Waals surface area contributed by atoms with Crippen LogP contribution in [0.1, 0.15) is 20.5 Å². The van der Waals surface area contributed by atoms with Crippen molar-refractivity contribution < 1.29 is 27.3 Å². The number of hydrogen-bond donors (Lipinski definition) is 2. The lowest BCUT2D eigenvalue weighted by Crippen LogP contribution is -2.21. The fourth-order valence-electron chi connectivity index (χ4n) is 2.45. The molecule has 1 amide bonds. The second-order valence-corrected chi connectivity index (χ2v) is 5.87. The number of ether oxygens (including phenoxy) is 2. The number of amides is 1. The predicted molar refractivity (Wildman–Crippen MR) is 101 cm³/mol. The summed E-state index contributed by atoms with van der Waals surface area (Å²) in [4.78, 5) is 16.5. The van der Waals surface area contributed by atoms with Crippen LogP contribution in [-0.2, 0) is 11.3 Å². The summed E-state index contributed by atoms with van der Waals surface area (Å²) in [6.45, 7) is -2.71.